The molecule has 1 aromatic heterocycles. The largest absolute Gasteiger partial charge is 0.481 e. The summed E-state index contributed by atoms with van der Waals surface area (Å²) < 4.78 is 1.46. The fourth-order valence-corrected chi connectivity index (χ4v) is 2.86. The number of rotatable bonds is 5. The molecule has 0 saturated carbocycles. The fourth-order valence-electron chi connectivity index (χ4n) is 2.86. The molecule has 0 bridgehead atoms. The molecule has 0 radical (unpaired) electrons. The van der Waals surface area contributed by atoms with E-state index in [4.69, 9.17) is 0 Å². The molecular formula is C13H20N4O3. The van der Waals surface area contributed by atoms with E-state index in [1.807, 2.05) is 6.92 Å². The zero-order chi connectivity index (χ0) is 14.6. The van der Waals surface area contributed by atoms with Crippen molar-refractivity contribution in [2.75, 3.05) is 13.1 Å². The second-order valence-corrected chi connectivity index (χ2v) is 5.35. The lowest BCUT2D eigenvalue weighted by Crippen LogP contribution is -2.50. The normalized spacial score (nSPS) is 22.8. The summed E-state index contributed by atoms with van der Waals surface area (Å²) in [7, 11) is 0. The van der Waals surface area contributed by atoms with E-state index >= 15 is 0 Å². The van der Waals surface area contributed by atoms with Crippen LogP contribution >= 0.6 is 0 Å². The minimum absolute atomic E-state index is 0.100. The Morgan fingerprint density at radius 3 is 2.85 bits per heavy atom. The monoisotopic (exact) mass is 280 g/mol. The van der Waals surface area contributed by atoms with Crippen LogP contribution in [-0.2, 0) is 16.1 Å². The molecule has 1 saturated heterocycles. The predicted octanol–water partition coefficient (Wildman–Crippen LogP) is 0.772. The van der Waals surface area contributed by atoms with Crippen LogP contribution in [0, 0.1) is 5.41 Å². The minimum Gasteiger partial charge on any atom is -0.481 e. The summed E-state index contributed by atoms with van der Waals surface area (Å²) in [4.78, 5) is 29.3. The van der Waals surface area contributed by atoms with Gasteiger partial charge >= 0.3 is 5.97 Å². The maximum Gasteiger partial charge on any atom is 0.311 e. The number of carboxylic acids is 1. The van der Waals surface area contributed by atoms with Gasteiger partial charge in [0.25, 0.3) is 0 Å². The minimum atomic E-state index is -0.794. The molecule has 1 aliphatic heterocycles. The van der Waals surface area contributed by atoms with Crippen LogP contribution in [0.3, 0.4) is 0 Å². The summed E-state index contributed by atoms with van der Waals surface area (Å²) in [6.45, 7) is 3.00. The Labute approximate surface area is 117 Å². The highest BCUT2D eigenvalue weighted by molar-refractivity contribution is 5.79. The number of amides is 1. The first-order valence-corrected chi connectivity index (χ1v) is 6.91. The number of piperidine rings is 1. The third kappa shape index (κ3) is 2.97. The number of carboxylic acid groups (broad SMARTS) is 1. The zero-order valence-electron chi connectivity index (χ0n) is 11.7. The van der Waals surface area contributed by atoms with E-state index in [0.29, 0.717) is 25.9 Å². The maximum absolute atomic E-state index is 12.2. The average Bonchev–Trinajstić information content (AvgIpc) is 2.92. The van der Waals surface area contributed by atoms with Gasteiger partial charge in [-0.1, -0.05) is 13.3 Å². The van der Waals surface area contributed by atoms with Gasteiger partial charge in [-0.15, -0.1) is 0 Å². The SMILES string of the molecule is CCCC1(C(=O)O)CCCN(C(=O)Cn2cncn2)C1. The predicted molar refractivity (Wildman–Crippen MR) is 70.8 cm³/mol. The molecule has 1 aliphatic rings. The van der Waals surface area contributed by atoms with Crippen molar-refractivity contribution < 1.29 is 14.7 Å². The second-order valence-electron chi connectivity index (χ2n) is 5.35. The third-order valence-electron chi connectivity index (χ3n) is 3.88. The van der Waals surface area contributed by atoms with Gasteiger partial charge in [-0.2, -0.15) is 5.10 Å². The molecule has 7 heteroatoms. The Morgan fingerprint density at radius 2 is 2.25 bits per heavy atom. The van der Waals surface area contributed by atoms with Gasteiger partial charge < -0.3 is 10.0 Å². The van der Waals surface area contributed by atoms with Crippen LogP contribution in [0.1, 0.15) is 32.6 Å². The molecular weight excluding hydrogens is 260 g/mol. The van der Waals surface area contributed by atoms with E-state index in [1.54, 1.807) is 4.90 Å². The molecule has 0 aromatic carbocycles. The van der Waals surface area contributed by atoms with Crippen molar-refractivity contribution in [3.63, 3.8) is 0 Å². The quantitative estimate of drug-likeness (QED) is 0.860. The molecule has 0 aliphatic carbocycles. The van der Waals surface area contributed by atoms with E-state index in [1.165, 1.54) is 17.3 Å². The van der Waals surface area contributed by atoms with Gasteiger partial charge in [0.1, 0.15) is 19.2 Å². The van der Waals surface area contributed by atoms with Crippen LogP contribution in [0.15, 0.2) is 12.7 Å². The number of aliphatic carboxylic acids is 1. The first-order valence-electron chi connectivity index (χ1n) is 6.91. The highest BCUT2D eigenvalue weighted by Gasteiger charge is 2.42. The molecule has 1 unspecified atom stereocenters. The lowest BCUT2D eigenvalue weighted by atomic mass is 9.76. The van der Waals surface area contributed by atoms with Crippen LogP contribution in [0.2, 0.25) is 0 Å². The molecule has 110 valence electrons. The number of aromatic nitrogens is 3. The van der Waals surface area contributed by atoms with Crippen LogP contribution < -0.4 is 0 Å². The Kier molecular flexibility index (Phi) is 4.36. The van der Waals surface area contributed by atoms with Crippen LogP contribution in [-0.4, -0.2) is 49.7 Å². The first kappa shape index (κ1) is 14.5. The lowest BCUT2D eigenvalue weighted by molar-refractivity contribution is -0.155. The number of hydrogen-bond acceptors (Lipinski definition) is 4. The van der Waals surface area contributed by atoms with E-state index in [9.17, 15) is 14.7 Å². The lowest BCUT2D eigenvalue weighted by Gasteiger charge is -2.39. The van der Waals surface area contributed by atoms with E-state index in [0.717, 1.165) is 12.8 Å². The molecule has 2 heterocycles. The van der Waals surface area contributed by atoms with Gasteiger partial charge in [0.15, 0.2) is 0 Å². The van der Waals surface area contributed by atoms with Crippen molar-refractivity contribution in [1.82, 2.24) is 19.7 Å². The van der Waals surface area contributed by atoms with Gasteiger partial charge in [0, 0.05) is 13.1 Å². The van der Waals surface area contributed by atoms with Crippen LogP contribution in [0.25, 0.3) is 0 Å². The van der Waals surface area contributed by atoms with Crippen molar-refractivity contribution in [3.05, 3.63) is 12.7 Å². The summed E-state index contributed by atoms with van der Waals surface area (Å²) in [5, 5.41) is 13.4. The van der Waals surface area contributed by atoms with Crippen molar-refractivity contribution in [1.29, 1.82) is 0 Å². The Morgan fingerprint density at radius 1 is 1.45 bits per heavy atom. The van der Waals surface area contributed by atoms with Gasteiger partial charge in [-0.25, -0.2) is 9.67 Å². The van der Waals surface area contributed by atoms with Crippen molar-refractivity contribution >= 4 is 11.9 Å². The van der Waals surface area contributed by atoms with Crippen molar-refractivity contribution in [2.24, 2.45) is 5.41 Å². The van der Waals surface area contributed by atoms with E-state index in [-0.39, 0.29) is 12.5 Å². The van der Waals surface area contributed by atoms with Gasteiger partial charge in [-0.3, -0.25) is 9.59 Å². The summed E-state index contributed by atoms with van der Waals surface area (Å²) in [5.74, 6) is -0.894. The van der Waals surface area contributed by atoms with Gasteiger partial charge in [0.2, 0.25) is 5.91 Å². The maximum atomic E-state index is 12.2. The topological polar surface area (TPSA) is 88.3 Å². The molecule has 1 fully saturated rings. The molecule has 1 aromatic rings. The van der Waals surface area contributed by atoms with Crippen molar-refractivity contribution in [2.45, 2.75) is 39.2 Å². The second kappa shape index (κ2) is 6.02. The fraction of sp³-hybridized carbons (Fsp3) is 0.692. The Hall–Kier alpha value is -1.92. The highest BCUT2D eigenvalue weighted by Crippen LogP contribution is 2.35. The van der Waals surface area contributed by atoms with Crippen LogP contribution in [0.4, 0.5) is 0 Å². The molecule has 1 atom stereocenters. The number of carbonyl (C=O) groups is 2. The molecule has 1 amide bonds. The number of hydrogen-bond donors (Lipinski definition) is 1. The van der Waals surface area contributed by atoms with Crippen molar-refractivity contribution in [3.8, 4) is 0 Å². The van der Waals surface area contributed by atoms with Gasteiger partial charge in [-0.05, 0) is 19.3 Å². The number of likely N-dealkylation sites (tertiary alicyclic amines) is 1. The first-order chi connectivity index (χ1) is 9.57. The summed E-state index contributed by atoms with van der Waals surface area (Å²) in [5.41, 5.74) is -0.787. The molecule has 20 heavy (non-hydrogen) atoms. The Bertz CT molecular complexity index is 470. The molecule has 0 spiro atoms. The molecule has 1 N–H and O–H groups in total. The summed E-state index contributed by atoms with van der Waals surface area (Å²) in [6, 6.07) is 0. The third-order valence-corrected chi connectivity index (χ3v) is 3.88. The Balaban J connectivity index is 2.05. The average molecular weight is 280 g/mol. The van der Waals surface area contributed by atoms with E-state index < -0.39 is 11.4 Å². The zero-order valence-corrected chi connectivity index (χ0v) is 11.7. The number of nitrogens with zero attached hydrogens (tertiary/aromatic N) is 4. The summed E-state index contributed by atoms with van der Waals surface area (Å²) in [6.07, 6.45) is 5.64. The van der Waals surface area contributed by atoms with E-state index in [2.05, 4.69) is 10.1 Å². The number of carbonyl (C=O) groups excluding carboxylic acids is 1. The van der Waals surface area contributed by atoms with Gasteiger partial charge in [0.05, 0.1) is 5.41 Å². The summed E-state index contributed by atoms with van der Waals surface area (Å²) >= 11 is 0. The molecule has 2 rings (SSSR count). The standard InChI is InChI=1S/C13H20N4O3/c1-2-4-13(12(19)20)5-3-6-16(8-13)11(18)7-17-10-14-9-15-17/h9-10H,2-8H2,1H3,(H,19,20). The smallest absolute Gasteiger partial charge is 0.311 e. The molecule has 7 nitrogen and oxygen atoms in total. The van der Waals surface area contributed by atoms with Crippen LogP contribution in [0.5, 0.6) is 0 Å². The highest BCUT2D eigenvalue weighted by atomic mass is 16.4.